The number of ether oxygens (including phenoxy) is 2. The van der Waals surface area contributed by atoms with Crippen LogP contribution in [0.15, 0.2) is 66.7 Å². The number of aromatic nitrogens is 3. The number of nitrogens with one attached hydrogen (secondary N) is 1. The molecule has 0 saturated carbocycles. The lowest BCUT2D eigenvalue weighted by Gasteiger charge is -2.34. The summed E-state index contributed by atoms with van der Waals surface area (Å²) in [6.45, 7) is 5.99. The fraction of sp³-hybridized carbons (Fsp3) is 0.310. The Morgan fingerprint density at radius 2 is 1.82 bits per heavy atom. The van der Waals surface area contributed by atoms with Crippen molar-refractivity contribution in [3.05, 3.63) is 77.9 Å². The van der Waals surface area contributed by atoms with Gasteiger partial charge in [-0.1, -0.05) is 42.5 Å². The molecule has 4 aromatic rings. The van der Waals surface area contributed by atoms with Gasteiger partial charge in [0, 0.05) is 12.1 Å². The van der Waals surface area contributed by atoms with E-state index in [2.05, 4.69) is 15.6 Å². The van der Waals surface area contributed by atoms with Crippen LogP contribution in [0.2, 0.25) is 0 Å². The molecule has 1 aromatic heterocycles. The predicted molar refractivity (Wildman–Crippen MR) is 144 cm³/mol. The van der Waals surface area contributed by atoms with Gasteiger partial charge in [0.2, 0.25) is 18.6 Å². The van der Waals surface area contributed by atoms with Crippen molar-refractivity contribution < 1.29 is 24.2 Å². The number of aromatic hydroxyl groups is 1. The molecule has 202 valence electrons. The van der Waals surface area contributed by atoms with Gasteiger partial charge in [-0.05, 0) is 67.8 Å². The number of rotatable bonds is 9. The topological polar surface area (TPSA) is 119 Å². The minimum atomic E-state index is -0.982. The Labute approximate surface area is 226 Å². The van der Waals surface area contributed by atoms with Crippen molar-refractivity contribution in [3.8, 4) is 17.2 Å². The van der Waals surface area contributed by atoms with Crippen molar-refractivity contribution in [1.82, 2.24) is 25.2 Å². The molecule has 1 atom stereocenters. The van der Waals surface area contributed by atoms with E-state index in [0.717, 1.165) is 5.56 Å². The van der Waals surface area contributed by atoms with Gasteiger partial charge in [-0.3, -0.25) is 9.59 Å². The van der Waals surface area contributed by atoms with Crippen LogP contribution in [0.4, 0.5) is 0 Å². The van der Waals surface area contributed by atoms with Crippen molar-refractivity contribution in [2.45, 2.75) is 51.9 Å². The van der Waals surface area contributed by atoms with E-state index in [0.29, 0.717) is 34.5 Å². The second kappa shape index (κ2) is 10.6. The minimum Gasteiger partial charge on any atom is -0.508 e. The van der Waals surface area contributed by atoms with E-state index in [1.807, 2.05) is 57.2 Å². The van der Waals surface area contributed by atoms with Crippen LogP contribution in [0.1, 0.15) is 44.4 Å². The first-order chi connectivity index (χ1) is 18.7. The summed E-state index contributed by atoms with van der Waals surface area (Å²) in [6, 6.07) is 18.2. The molecule has 10 nitrogen and oxygen atoms in total. The van der Waals surface area contributed by atoms with Crippen LogP contribution in [-0.2, 0) is 22.7 Å². The van der Waals surface area contributed by atoms with Crippen LogP contribution >= 0.6 is 0 Å². The van der Waals surface area contributed by atoms with E-state index in [1.54, 1.807) is 18.2 Å². The Bertz CT molecular complexity index is 1500. The SMILES string of the molecule is CCC(C)(C)NC(=O)C(c1ccc(O)cc1)N(Cc1ccc2c(c1)OCO2)C(=O)Cn1nnc2ccccc21. The first-order valence-electron chi connectivity index (χ1n) is 12.8. The predicted octanol–water partition coefficient (Wildman–Crippen LogP) is 3.94. The lowest BCUT2D eigenvalue weighted by atomic mass is 9.98. The standard InChI is InChI=1S/C29H31N5O5/c1-4-29(2,3)30-28(37)27(20-10-12-21(35)13-11-20)33(16-19-9-14-24-25(15-19)39-18-38-24)26(36)17-34-23-8-6-5-7-22(23)31-32-34/h5-15,27,35H,4,16-18H2,1-3H3,(H,30,37). The average molecular weight is 530 g/mol. The number of carbonyl (C=O) groups excluding carboxylic acids is 2. The number of phenols is 1. The molecule has 0 fully saturated rings. The summed E-state index contributed by atoms with van der Waals surface area (Å²) in [5.41, 5.74) is 2.22. The molecule has 5 rings (SSSR count). The van der Waals surface area contributed by atoms with Crippen molar-refractivity contribution in [1.29, 1.82) is 0 Å². The third kappa shape index (κ3) is 5.64. The van der Waals surface area contributed by atoms with Crippen molar-refractivity contribution in [3.63, 3.8) is 0 Å². The molecule has 0 aliphatic carbocycles. The largest absolute Gasteiger partial charge is 0.508 e. The van der Waals surface area contributed by atoms with Crippen LogP contribution in [0.3, 0.4) is 0 Å². The minimum absolute atomic E-state index is 0.0644. The summed E-state index contributed by atoms with van der Waals surface area (Å²) in [4.78, 5) is 29.5. The number of hydrogen-bond acceptors (Lipinski definition) is 7. The molecule has 39 heavy (non-hydrogen) atoms. The highest BCUT2D eigenvalue weighted by Crippen LogP contribution is 2.34. The summed E-state index contributed by atoms with van der Waals surface area (Å²) in [5.74, 6) is 0.619. The number of hydrogen-bond donors (Lipinski definition) is 2. The van der Waals surface area contributed by atoms with E-state index in [9.17, 15) is 14.7 Å². The molecular formula is C29H31N5O5. The molecule has 1 aliphatic rings. The molecule has 0 spiro atoms. The van der Waals surface area contributed by atoms with Crippen LogP contribution in [-0.4, -0.2) is 49.1 Å². The monoisotopic (exact) mass is 529 g/mol. The number of fused-ring (bicyclic) bond motifs is 2. The third-order valence-electron chi connectivity index (χ3n) is 6.93. The number of carbonyl (C=O) groups is 2. The maximum Gasteiger partial charge on any atom is 0.247 e. The Kier molecular flexibility index (Phi) is 7.10. The van der Waals surface area contributed by atoms with E-state index < -0.39 is 11.6 Å². The number of nitrogens with zero attached hydrogens (tertiary/aromatic N) is 4. The molecule has 1 aliphatic heterocycles. The summed E-state index contributed by atoms with van der Waals surface area (Å²) < 4.78 is 12.5. The molecule has 2 N–H and O–H groups in total. The van der Waals surface area contributed by atoms with Gasteiger partial charge in [-0.15, -0.1) is 5.10 Å². The smallest absolute Gasteiger partial charge is 0.247 e. The Morgan fingerprint density at radius 1 is 1.08 bits per heavy atom. The van der Waals surface area contributed by atoms with Gasteiger partial charge in [0.25, 0.3) is 0 Å². The van der Waals surface area contributed by atoms with Crippen molar-refractivity contribution in [2.24, 2.45) is 0 Å². The van der Waals surface area contributed by atoms with Gasteiger partial charge in [0.1, 0.15) is 23.9 Å². The molecule has 1 unspecified atom stereocenters. The lowest BCUT2D eigenvalue weighted by molar-refractivity contribution is -0.143. The van der Waals surface area contributed by atoms with E-state index in [1.165, 1.54) is 21.7 Å². The summed E-state index contributed by atoms with van der Waals surface area (Å²) in [7, 11) is 0. The zero-order chi connectivity index (χ0) is 27.6. The third-order valence-corrected chi connectivity index (χ3v) is 6.93. The highest BCUT2D eigenvalue weighted by atomic mass is 16.7. The van der Waals surface area contributed by atoms with Crippen LogP contribution in [0.25, 0.3) is 11.0 Å². The lowest BCUT2D eigenvalue weighted by Crippen LogP contribution is -2.50. The first kappa shape index (κ1) is 26.0. The fourth-order valence-electron chi connectivity index (χ4n) is 4.43. The summed E-state index contributed by atoms with van der Waals surface area (Å²) in [5, 5.41) is 21.4. The second-order valence-corrected chi connectivity index (χ2v) is 10.2. The van der Waals surface area contributed by atoms with E-state index >= 15 is 0 Å². The zero-order valence-corrected chi connectivity index (χ0v) is 22.1. The number of phenolic OH excluding ortho intramolecular Hbond substituents is 1. The van der Waals surface area contributed by atoms with Crippen molar-refractivity contribution in [2.75, 3.05) is 6.79 Å². The van der Waals surface area contributed by atoms with E-state index in [-0.39, 0.29) is 37.4 Å². The number of benzene rings is 3. The first-order valence-corrected chi connectivity index (χ1v) is 12.8. The molecule has 0 bridgehead atoms. The van der Waals surface area contributed by atoms with Crippen LogP contribution in [0, 0.1) is 0 Å². The zero-order valence-electron chi connectivity index (χ0n) is 22.1. The van der Waals surface area contributed by atoms with Crippen LogP contribution in [0.5, 0.6) is 17.2 Å². The second-order valence-electron chi connectivity index (χ2n) is 10.2. The molecule has 0 radical (unpaired) electrons. The molecule has 10 heteroatoms. The molecule has 2 amide bonds. The van der Waals surface area contributed by atoms with Crippen LogP contribution < -0.4 is 14.8 Å². The fourth-order valence-corrected chi connectivity index (χ4v) is 4.43. The Morgan fingerprint density at radius 3 is 2.59 bits per heavy atom. The van der Waals surface area contributed by atoms with Crippen molar-refractivity contribution >= 4 is 22.8 Å². The molecule has 0 saturated heterocycles. The highest BCUT2D eigenvalue weighted by Gasteiger charge is 2.34. The highest BCUT2D eigenvalue weighted by molar-refractivity contribution is 5.89. The number of para-hydroxylation sites is 1. The quantitative estimate of drug-likeness (QED) is 0.337. The maximum atomic E-state index is 14.1. The maximum absolute atomic E-state index is 14.1. The Balaban J connectivity index is 1.55. The number of amides is 2. The summed E-state index contributed by atoms with van der Waals surface area (Å²) >= 11 is 0. The van der Waals surface area contributed by atoms with E-state index in [4.69, 9.17) is 9.47 Å². The van der Waals surface area contributed by atoms with Gasteiger partial charge in [0.15, 0.2) is 11.5 Å². The normalized spacial score (nSPS) is 13.3. The van der Waals surface area contributed by atoms with Gasteiger partial charge in [-0.25, -0.2) is 4.68 Å². The molecule has 2 heterocycles. The van der Waals surface area contributed by atoms with Gasteiger partial charge >= 0.3 is 0 Å². The summed E-state index contributed by atoms with van der Waals surface area (Å²) in [6.07, 6.45) is 0.697. The van der Waals surface area contributed by atoms with Gasteiger partial charge in [0.05, 0.1) is 5.52 Å². The Hall–Kier alpha value is -4.60. The molecule has 3 aromatic carbocycles. The van der Waals surface area contributed by atoms with Gasteiger partial charge < -0.3 is 24.8 Å². The van der Waals surface area contributed by atoms with Gasteiger partial charge in [-0.2, -0.15) is 0 Å². The molecular weight excluding hydrogens is 498 g/mol. The average Bonchev–Trinajstić information content (AvgIpc) is 3.56.